The average molecular weight is 401 g/mol. The van der Waals surface area contributed by atoms with Gasteiger partial charge in [0.15, 0.2) is 0 Å². The fourth-order valence-corrected chi connectivity index (χ4v) is 3.10. The normalized spacial score (nSPS) is 12.4. The van der Waals surface area contributed by atoms with Gasteiger partial charge in [-0.05, 0) is 48.4 Å². The Morgan fingerprint density at radius 1 is 0.895 bits per heavy atom. The van der Waals surface area contributed by atoms with Crippen molar-refractivity contribution in [1.29, 1.82) is 0 Å². The second-order valence-corrected chi connectivity index (χ2v) is 7.28. The standard InChI is InChI=1S/C15H15Br2NS/c16-12-3-1-11(2-4-12)9-14(18)10-19-15-7-5-13(17)6-8-15/h1-8,14H,9-10,18H2. The Morgan fingerprint density at radius 2 is 1.42 bits per heavy atom. The first kappa shape index (κ1) is 15.1. The van der Waals surface area contributed by atoms with Crippen LogP contribution in [0, 0.1) is 0 Å². The molecule has 100 valence electrons. The van der Waals surface area contributed by atoms with Gasteiger partial charge in [0.2, 0.25) is 0 Å². The van der Waals surface area contributed by atoms with Crippen molar-refractivity contribution in [2.45, 2.75) is 17.4 Å². The van der Waals surface area contributed by atoms with E-state index in [9.17, 15) is 0 Å². The molecule has 0 fully saturated rings. The molecule has 2 aromatic carbocycles. The zero-order chi connectivity index (χ0) is 13.7. The summed E-state index contributed by atoms with van der Waals surface area (Å²) < 4.78 is 2.21. The van der Waals surface area contributed by atoms with Gasteiger partial charge in [0.25, 0.3) is 0 Å². The maximum atomic E-state index is 6.18. The van der Waals surface area contributed by atoms with Crippen LogP contribution in [0.4, 0.5) is 0 Å². The smallest absolute Gasteiger partial charge is 0.0176 e. The van der Waals surface area contributed by atoms with E-state index >= 15 is 0 Å². The highest BCUT2D eigenvalue weighted by Crippen LogP contribution is 2.21. The second-order valence-electron chi connectivity index (χ2n) is 4.36. The summed E-state index contributed by atoms with van der Waals surface area (Å²) in [6.45, 7) is 0. The molecule has 1 nitrogen and oxygen atoms in total. The summed E-state index contributed by atoms with van der Waals surface area (Å²) in [5.41, 5.74) is 7.46. The molecule has 2 rings (SSSR count). The third-order valence-electron chi connectivity index (χ3n) is 2.69. The summed E-state index contributed by atoms with van der Waals surface area (Å²) in [6, 6.07) is 16.9. The van der Waals surface area contributed by atoms with Crippen molar-refractivity contribution in [2.24, 2.45) is 5.73 Å². The molecule has 1 unspecified atom stereocenters. The number of hydrogen-bond acceptors (Lipinski definition) is 2. The van der Waals surface area contributed by atoms with Gasteiger partial charge < -0.3 is 5.73 Å². The molecule has 0 saturated heterocycles. The van der Waals surface area contributed by atoms with Crippen LogP contribution in [0.2, 0.25) is 0 Å². The lowest BCUT2D eigenvalue weighted by Gasteiger charge is -2.11. The van der Waals surface area contributed by atoms with Gasteiger partial charge in [0, 0.05) is 25.6 Å². The molecule has 1 atom stereocenters. The van der Waals surface area contributed by atoms with Gasteiger partial charge in [0.1, 0.15) is 0 Å². The van der Waals surface area contributed by atoms with E-state index in [1.54, 1.807) is 11.8 Å². The lowest BCUT2D eigenvalue weighted by molar-refractivity contribution is 0.748. The van der Waals surface area contributed by atoms with Crippen LogP contribution in [0.3, 0.4) is 0 Å². The van der Waals surface area contributed by atoms with Crippen LogP contribution in [0.25, 0.3) is 0 Å². The monoisotopic (exact) mass is 399 g/mol. The molecule has 2 aromatic rings. The topological polar surface area (TPSA) is 26.0 Å². The molecule has 0 aromatic heterocycles. The van der Waals surface area contributed by atoms with Crippen LogP contribution in [0.15, 0.2) is 62.4 Å². The summed E-state index contributed by atoms with van der Waals surface area (Å²) in [5.74, 6) is 0.928. The molecular formula is C15H15Br2NS. The third kappa shape index (κ3) is 5.30. The maximum Gasteiger partial charge on any atom is 0.0176 e. The third-order valence-corrected chi connectivity index (χ3v) is 4.95. The number of hydrogen-bond donors (Lipinski definition) is 1. The number of thioether (sulfide) groups is 1. The number of rotatable bonds is 5. The summed E-state index contributed by atoms with van der Waals surface area (Å²) in [6.07, 6.45) is 0.914. The molecule has 0 aliphatic rings. The van der Waals surface area contributed by atoms with E-state index in [-0.39, 0.29) is 6.04 Å². The van der Waals surface area contributed by atoms with Gasteiger partial charge >= 0.3 is 0 Å². The Morgan fingerprint density at radius 3 is 2.00 bits per heavy atom. The van der Waals surface area contributed by atoms with Crippen LogP contribution in [0.1, 0.15) is 5.56 Å². The highest BCUT2D eigenvalue weighted by Gasteiger charge is 2.05. The van der Waals surface area contributed by atoms with Gasteiger partial charge in [-0.15, -0.1) is 11.8 Å². The fourth-order valence-electron chi connectivity index (χ4n) is 1.72. The summed E-state index contributed by atoms with van der Waals surface area (Å²) in [7, 11) is 0. The van der Waals surface area contributed by atoms with Crippen LogP contribution >= 0.6 is 43.6 Å². The van der Waals surface area contributed by atoms with Crippen molar-refractivity contribution < 1.29 is 0 Å². The van der Waals surface area contributed by atoms with E-state index in [4.69, 9.17) is 5.73 Å². The van der Waals surface area contributed by atoms with Crippen LogP contribution < -0.4 is 5.73 Å². The first-order valence-corrected chi connectivity index (χ1v) is 8.59. The summed E-state index contributed by atoms with van der Waals surface area (Å²) >= 11 is 8.68. The average Bonchev–Trinajstić information content (AvgIpc) is 2.41. The molecule has 0 heterocycles. The Hall–Kier alpha value is -0.290. The first-order chi connectivity index (χ1) is 9.13. The van der Waals surface area contributed by atoms with Gasteiger partial charge in [-0.2, -0.15) is 0 Å². The highest BCUT2D eigenvalue weighted by atomic mass is 79.9. The minimum absolute atomic E-state index is 0.176. The Labute approximate surface area is 135 Å². The SMILES string of the molecule is NC(CSc1ccc(Br)cc1)Cc1ccc(Br)cc1. The van der Waals surface area contributed by atoms with Crippen molar-refractivity contribution in [1.82, 2.24) is 0 Å². The van der Waals surface area contributed by atoms with Crippen molar-refractivity contribution in [3.8, 4) is 0 Å². The van der Waals surface area contributed by atoms with Gasteiger partial charge in [-0.3, -0.25) is 0 Å². The molecule has 2 N–H and O–H groups in total. The number of benzene rings is 2. The fraction of sp³-hybridized carbons (Fsp3) is 0.200. The van der Waals surface area contributed by atoms with Crippen molar-refractivity contribution in [3.63, 3.8) is 0 Å². The van der Waals surface area contributed by atoms with E-state index in [0.717, 1.165) is 21.1 Å². The van der Waals surface area contributed by atoms with Crippen molar-refractivity contribution in [2.75, 3.05) is 5.75 Å². The first-order valence-electron chi connectivity index (χ1n) is 6.02. The number of halogens is 2. The predicted molar refractivity (Wildman–Crippen MR) is 90.7 cm³/mol. The molecule has 0 radical (unpaired) electrons. The highest BCUT2D eigenvalue weighted by molar-refractivity contribution is 9.10. The lowest BCUT2D eigenvalue weighted by atomic mass is 10.1. The minimum Gasteiger partial charge on any atom is -0.327 e. The molecule has 0 aliphatic carbocycles. The van der Waals surface area contributed by atoms with Crippen LogP contribution in [-0.4, -0.2) is 11.8 Å². The van der Waals surface area contributed by atoms with E-state index in [1.807, 2.05) is 0 Å². The minimum atomic E-state index is 0.176. The maximum absolute atomic E-state index is 6.18. The molecule has 0 aliphatic heterocycles. The quantitative estimate of drug-likeness (QED) is 0.724. The van der Waals surface area contributed by atoms with Crippen LogP contribution in [-0.2, 0) is 6.42 Å². The van der Waals surface area contributed by atoms with Gasteiger partial charge in [-0.1, -0.05) is 44.0 Å². The van der Waals surface area contributed by atoms with E-state index in [0.29, 0.717) is 0 Å². The van der Waals surface area contributed by atoms with E-state index in [1.165, 1.54) is 10.5 Å². The van der Waals surface area contributed by atoms with Gasteiger partial charge in [-0.25, -0.2) is 0 Å². The predicted octanol–water partition coefficient (Wildman–Crippen LogP) is 4.87. The molecule has 0 spiro atoms. The molecule has 19 heavy (non-hydrogen) atoms. The molecule has 4 heteroatoms. The van der Waals surface area contributed by atoms with Crippen molar-refractivity contribution in [3.05, 3.63) is 63.0 Å². The Bertz CT molecular complexity index is 511. The zero-order valence-corrected chi connectivity index (χ0v) is 14.3. The summed E-state index contributed by atoms with van der Waals surface area (Å²) in [5, 5.41) is 0. The zero-order valence-electron chi connectivity index (χ0n) is 10.4. The Kier molecular flexibility index (Phi) is 5.95. The molecular weight excluding hydrogens is 386 g/mol. The largest absolute Gasteiger partial charge is 0.327 e. The molecule has 0 saturated carbocycles. The Balaban J connectivity index is 1.82. The van der Waals surface area contributed by atoms with E-state index < -0.39 is 0 Å². The van der Waals surface area contributed by atoms with Crippen molar-refractivity contribution >= 4 is 43.6 Å². The second kappa shape index (κ2) is 7.48. The number of nitrogens with two attached hydrogens (primary N) is 1. The van der Waals surface area contributed by atoms with Crippen LogP contribution in [0.5, 0.6) is 0 Å². The van der Waals surface area contributed by atoms with E-state index in [2.05, 4.69) is 80.4 Å². The summed E-state index contributed by atoms with van der Waals surface area (Å²) in [4.78, 5) is 1.26. The van der Waals surface area contributed by atoms with Gasteiger partial charge in [0.05, 0.1) is 0 Å². The molecule has 0 amide bonds. The lowest BCUT2D eigenvalue weighted by Crippen LogP contribution is -2.25. The molecule has 0 bridgehead atoms.